The second-order valence-corrected chi connectivity index (χ2v) is 8.64. The number of hydrogen-bond donors (Lipinski definition) is 0. The molecular formula is C22H18ClN3O2S. The van der Waals surface area contributed by atoms with Crippen molar-refractivity contribution < 1.29 is 4.42 Å². The fourth-order valence-electron chi connectivity index (χ4n) is 3.74. The van der Waals surface area contributed by atoms with Crippen LogP contribution in [-0.2, 0) is 12.8 Å². The molecule has 1 aliphatic carbocycles. The van der Waals surface area contributed by atoms with Gasteiger partial charge in [-0.15, -0.1) is 11.3 Å². The molecular weight excluding hydrogens is 406 g/mol. The summed E-state index contributed by atoms with van der Waals surface area (Å²) in [5.41, 5.74) is 1.99. The first-order valence-corrected chi connectivity index (χ1v) is 10.7. The number of benzene rings is 1. The zero-order valence-electron chi connectivity index (χ0n) is 15.8. The van der Waals surface area contributed by atoms with Crippen LogP contribution in [0.15, 0.2) is 50.7 Å². The Bertz CT molecular complexity index is 1300. The van der Waals surface area contributed by atoms with Gasteiger partial charge in [-0.3, -0.25) is 4.79 Å². The minimum absolute atomic E-state index is 0.104. The number of aromatic nitrogens is 2. The van der Waals surface area contributed by atoms with E-state index in [1.54, 1.807) is 24.5 Å². The van der Waals surface area contributed by atoms with Crippen LogP contribution >= 0.6 is 22.9 Å². The van der Waals surface area contributed by atoms with E-state index in [0.29, 0.717) is 22.4 Å². The molecule has 146 valence electrons. The van der Waals surface area contributed by atoms with Crippen LogP contribution in [0.1, 0.15) is 34.9 Å². The maximum Gasteiger partial charge on any atom is 0.283 e. The van der Waals surface area contributed by atoms with Crippen molar-refractivity contribution in [3.05, 3.63) is 73.8 Å². The number of hydrogen-bond acceptors (Lipinski definition) is 5. The van der Waals surface area contributed by atoms with Crippen LogP contribution in [0, 0.1) is 6.92 Å². The Balaban J connectivity index is 1.51. The number of furan rings is 1. The van der Waals surface area contributed by atoms with Crippen molar-refractivity contribution in [2.45, 2.75) is 32.6 Å². The molecule has 0 amide bonds. The smallest absolute Gasteiger partial charge is 0.283 e. The standard InChI is InChI=1S/C22H18ClN3O2S/c1-13-25-21-20(17-4-2-3-5-19(17)29-21)22(27)26(13)24-12-16-10-11-18(28-16)14-6-8-15(23)9-7-14/h6-12H,2-5H2,1H3/b24-12-. The summed E-state index contributed by atoms with van der Waals surface area (Å²) >= 11 is 7.59. The average molecular weight is 424 g/mol. The summed E-state index contributed by atoms with van der Waals surface area (Å²) < 4.78 is 7.22. The summed E-state index contributed by atoms with van der Waals surface area (Å²) in [7, 11) is 0. The summed E-state index contributed by atoms with van der Waals surface area (Å²) in [5, 5.41) is 5.79. The quantitative estimate of drug-likeness (QED) is 0.412. The monoisotopic (exact) mass is 423 g/mol. The first kappa shape index (κ1) is 18.3. The third-order valence-corrected chi connectivity index (χ3v) is 6.62. The summed E-state index contributed by atoms with van der Waals surface area (Å²) in [6.45, 7) is 1.80. The van der Waals surface area contributed by atoms with Gasteiger partial charge in [0.2, 0.25) is 0 Å². The van der Waals surface area contributed by atoms with Gasteiger partial charge in [-0.1, -0.05) is 11.6 Å². The van der Waals surface area contributed by atoms with Crippen LogP contribution in [0.5, 0.6) is 0 Å². The van der Waals surface area contributed by atoms with Gasteiger partial charge in [0.1, 0.15) is 22.2 Å². The predicted octanol–water partition coefficient (Wildman–Crippen LogP) is 5.44. The Kier molecular flexibility index (Phi) is 4.60. The molecule has 7 heteroatoms. The Morgan fingerprint density at radius 2 is 1.97 bits per heavy atom. The van der Waals surface area contributed by atoms with Gasteiger partial charge >= 0.3 is 0 Å². The van der Waals surface area contributed by atoms with E-state index in [1.807, 2.05) is 36.4 Å². The third-order valence-electron chi connectivity index (χ3n) is 5.18. The van der Waals surface area contributed by atoms with Crippen molar-refractivity contribution in [1.82, 2.24) is 9.66 Å². The molecule has 0 aliphatic heterocycles. The van der Waals surface area contributed by atoms with Crippen LogP contribution in [-0.4, -0.2) is 15.9 Å². The zero-order chi connectivity index (χ0) is 20.0. The topological polar surface area (TPSA) is 60.4 Å². The summed E-state index contributed by atoms with van der Waals surface area (Å²) in [5.74, 6) is 1.85. The van der Waals surface area contributed by atoms with Crippen LogP contribution in [0.2, 0.25) is 5.02 Å². The van der Waals surface area contributed by atoms with Crippen LogP contribution < -0.4 is 5.56 Å². The van der Waals surface area contributed by atoms with Crippen molar-refractivity contribution in [2.24, 2.45) is 5.10 Å². The Labute approximate surface area is 176 Å². The van der Waals surface area contributed by atoms with Crippen molar-refractivity contribution in [2.75, 3.05) is 0 Å². The predicted molar refractivity (Wildman–Crippen MR) is 117 cm³/mol. The first-order chi connectivity index (χ1) is 14.1. The normalized spacial score (nSPS) is 14.0. The van der Waals surface area contributed by atoms with Gasteiger partial charge in [-0.25, -0.2) is 4.98 Å². The maximum atomic E-state index is 13.1. The number of halogens is 1. The molecule has 5 nitrogen and oxygen atoms in total. The lowest BCUT2D eigenvalue weighted by Gasteiger charge is -2.10. The molecule has 0 spiro atoms. The molecule has 0 saturated heterocycles. The fourth-order valence-corrected chi connectivity index (χ4v) is 5.16. The lowest BCUT2D eigenvalue weighted by atomic mass is 9.97. The van der Waals surface area contributed by atoms with Crippen molar-refractivity contribution in [3.8, 4) is 11.3 Å². The molecule has 1 aliphatic rings. The molecule has 0 atom stereocenters. The van der Waals surface area contributed by atoms with Crippen molar-refractivity contribution >= 4 is 39.4 Å². The van der Waals surface area contributed by atoms with E-state index in [9.17, 15) is 4.79 Å². The number of aryl methyl sites for hydroxylation is 3. The van der Waals surface area contributed by atoms with E-state index in [1.165, 1.54) is 21.5 Å². The van der Waals surface area contributed by atoms with E-state index < -0.39 is 0 Å². The second-order valence-electron chi connectivity index (χ2n) is 7.12. The largest absolute Gasteiger partial charge is 0.455 e. The zero-order valence-corrected chi connectivity index (χ0v) is 17.4. The van der Waals surface area contributed by atoms with Crippen LogP contribution in [0.3, 0.4) is 0 Å². The third kappa shape index (κ3) is 3.32. The van der Waals surface area contributed by atoms with Gasteiger partial charge in [0.15, 0.2) is 0 Å². The molecule has 0 fully saturated rings. The first-order valence-electron chi connectivity index (χ1n) is 9.54. The van der Waals surface area contributed by atoms with Gasteiger partial charge in [0, 0.05) is 15.5 Å². The highest BCUT2D eigenvalue weighted by Crippen LogP contribution is 2.33. The molecule has 0 radical (unpaired) electrons. The van der Waals surface area contributed by atoms with E-state index >= 15 is 0 Å². The molecule has 3 aromatic heterocycles. The molecule has 0 saturated carbocycles. The molecule has 4 aromatic rings. The highest BCUT2D eigenvalue weighted by atomic mass is 35.5. The summed E-state index contributed by atoms with van der Waals surface area (Å²) in [6, 6.07) is 11.1. The highest BCUT2D eigenvalue weighted by Gasteiger charge is 2.21. The van der Waals surface area contributed by atoms with Crippen LogP contribution in [0.25, 0.3) is 21.5 Å². The van der Waals surface area contributed by atoms with Gasteiger partial charge < -0.3 is 4.42 Å². The number of rotatable bonds is 3. The number of nitrogens with zero attached hydrogens (tertiary/aromatic N) is 3. The Morgan fingerprint density at radius 1 is 1.17 bits per heavy atom. The molecule has 1 aromatic carbocycles. The van der Waals surface area contributed by atoms with Gasteiger partial charge in [-0.05, 0) is 74.6 Å². The van der Waals surface area contributed by atoms with E-state index in [4.69, 9.17) is 16.0 Å². The summed E-state index contributed by atoms with van der Waals surface area (Å²) in [4.78, 5) is 19.9. The maximum absolute atomic E-state index is 13.1. The van der Waals surface area contributed by atoms with Crippen LogP contribution in [0.4, 0.5) is 0 Å². The Hall–Kier alpha value is -2.70. The highest BCUT2D eigenvalue weighted by molar-refractivity contribution is 7.18. The van der Waals surface area contributed by atoms with Crippen molar-refractivity contribution in [3.63, 3.8) is 0 Å². The van der Waals surface area contributed by atoms with Gasteiger partial charge in [0.05, 0.1) is 11.6 Å². The molecule has 0 N–H and O–H groups in total. The minimum atomic E-state index is -0.104. The number of fused-ring (bicyclic) bond motifs is 3. The molecule has 0 bridgehead atoms. The SMILES string of the molecule is Cc1nc2sc3c(c2c(=O)n1/N=C\c1ccc(-c2ccc(Cl)cc2)o1)CCCC3. The molecule has 5 rings (SSSR count). The van der Waals surface area contributed by atoms with Gasteiger partial charge in [0.25, 0.3) is 5.56 Å². The lowest BCUT2D eigenvalue weighted by Crippen LogP contribution is -2.21. The minimum Gasteiger partial charge on any atom is -0.455 e. The Morgan fingerprint density at radius 3 is 2.79 bits per heavy atom. The fraction of sp³-hybridized carbons (Fsp3) is 0.227. The molecule has 29 heavy (non-hydrogen) atoms. The van der Waals surface area contributed by atoms with E-state index in [2.05, 4.69) is 10.1 Å². The second kappa shape index (κ2) is 7.28. The van der Waals surface area contributed by atoms with Crippen molar-refractivity contribution in [1.29, 1.82) is 0 Å². The van der Waals surface area contributed by atoms with Gasteiger partial charge in [-0.2, -0.15) is 9.78 Å². The number of thiophene rings is 1. The molecule has 0 unspecified atom stereocenters. The van der Waals surface area contributed by atoms with E-state index in [0.717, 1.165) is 35.0 Å². The average Bonchev–Trinajstić information content (AvgIpc) is 3.32. The van der Waals surface area contributed by atoms with E-state index in [-0.39, 0.29) is 5.56 Å². The summed E-state index contributed by atoms with van der Waals surface area (Å²) in [6.07, 6.45) is 5.84. The lowest BCUT2D eigenvalue weighted by molar-refractivity contribution is 0.573. The molecule has 3 heterocycles.